The fourth-order valence-corrected chi connectivity index (χ4v) is 4.09. The number of hydrogen-bond donors (Lipinski definition) is 1. The lowest BCUT2D eigenvalue weighted by molar-refractivity contribution is -0.118. The van der Waals surface area contributed by atoms with E-state index < -0.39 is 0 Å². The van der Waals surface area contributed by atoms with Crippen LogP contribution in [-0.2, 0) is 10.2 Å². The van der Waals surface area contributed by atoms with Crippen molar-refractivity contribution in [1.82, 2.24) is 5.32 Å². The topological polar surface area (TPSA) is 52.9 Å². The van der Waals surface area contributed by atoms with Crippen molar-refractivity contribution in [1.29, 1.82) is 5.26 Å². The number of nitrogens with one attached hydrogen (secondary N) is 1. The van der Waals surface area contributed by atoms with E-state index in [2.05, 4.69) is 70.3 Å². The number of benzene rings is 1. The van der Waals surface area contributed by atoms with Crippen molar-refractivity contribution in [2.24, 2.45) is 5.41 Å². The maximum absolute atomic E-state index is 13.0. The quantitative estimate of drug-likeness (QED) is 0.767. The molecule has 1 aliphatic carbocycles. The van der Waals surface area contributed by atoms with Crippen LogP contribution >= 0.6 is 0 Å². The second kappa shape index (κ2) is 6.13. The van der Waals surface area contributed by atoms with Gasteiger partial charge in [0.05, 0.1) is 17.6 Å². The molecule has 0 aromatic heterocycles. The van der Waals surface area contributed by atoms with Gasteiger partial charge in [0, 0.05) is 23.4 Å². The number of dihydropyridines is 1. The molecule has 1 N–H and O–H groups in total. The molecule has 0 saturated carbocycles. The molecule has 3 rings (SSSR count). The van der Waals surface area contributed by atoms with Gasteiger partial charge < -0.3 is 5.32 Å². The van der Waals surface area contributed by atoms with E-state index in [1.54, 1.807) is 0 Å². The smallest absolute Gasteiger partial charge is 0.162 e. The minimum atomic E-state index is -0.256. The van der Waals surface area contributed by atoms with Crippen molar-refractivity contribution in [3.05, 3.63) is 57.9 Å². The van der Waals surface area contributed by atoms with Crippen LogP contribution in [0.2, 0.25) is 0 Å². The number of carbonyl (C=O) groups excluding carboxylic acids is 1. The van der Waals surface area contributed by atoms with Crippen LogP contribution in [0.4, 0.5) is 0 Å². The summed E-state index contributed by atoms with van der Waals surface area (Å²) >= 11 is 0. The highest BCUT2D eigenvalue weighted by Crippen LogP contribution is 2.46. The van der Waals surface area contributed by atoms with Gasteiger partial charge in [-0.25, -0.2) is 0 Å². The van der Waals surface area contributed by atoms with Gasteiger partial charge in [-0.3, -0.25) is 4.79 Å². The van der Waals surface area contributed by atoms with E-state index in [-0.39, 0.29) is 22.5 Å². The fraction of sp³-hybridized carbons (Fsp3) is 0.478. The number of carbonyl (C=O) groups is 1. The monoisotopic (exact) mass is 348 g/mol. The van der Waals surface area contributed by atoms with Crippen molar-refractivity contribution in [3.63, 3.8) is 0 Å². The minimum absolute atomic E-state index is 0.0476. The van der Waals surface area contributed by atoms with Gasteiger partial charge in [-0.15, -0.1) is 0 Å². The molecule has 136 valence electrons. The molecule has 0 unspecified atom stereocenters. The van der Waals surface area contributed by atoms with E-state index in [1.165, 1.54) is 5.56 Å². The van der Waals surface area contributed by atoms with Crippen LogP contribution < -0.4 is 5.32 Å². The van der Waals surface area contributed by atoms with Gasteiger partial charge in [-0.1, -0.05) is 58.9 Å². The summed E-state index contributed by atoms with van der Waals surface area (Å²) in [4.78, 5) is 13.0. The first-order chi connectivity index (χ1) is 12.0. The summed E-state index contributed by atoms with van der Waals surface area (Å²) in [6.07, 6.45) is 1.36. The summed E-state index contributed by atoms with van der Waals surface area (Å²) in [5.41, 5.74) is 5.60. The van der Waals surface area contributed by atoms with E-state index in [4.69, 9.17) is 0 Å². The maximum Gasteiger partial charge on any atom is 0.162 e. The Kier molecular flexibility index (Phi) is 4.35. The molecule has 1 aromatic rings. The highest BCUT2D eigenvalue weighted by atomic mass is 16.1. The second-order valence-corrected chi connectivity index (χ2v) is 9.41. The summed E-state index contributed by atoms with van der Waals surface area (Å²) < 4.78 is 0. The summed E-state index contributed by atoms with van der Waals surface area (Å²) in [6, 6.07) is 10.8. The zero-order valence-corrected chi connectivity index (χ0v) is 16.7. The molecule has 0 amide bonds. The Labute approximate surface area is 156 Å². The fourth-order valence-electron chi connectivity index (χ4n) is 4.09. The van der Waals surface area contributed by atoms with Crippen molar-refractivity contribution in [2.75, 3.05) is 0 Å². The zero-order chi connectivity index (χ0) is 19.3. The number of nitriles is 1. The predicted molar refractivity (Wildman–Crippen MR) is 104 cm³/mol. The molecule has 1 aromatic carbocycles. The van der Waals surface area contributed by atoms with Crippen LogP contribution in [0.5, 0.6) is 0 Å². The highest BCUT2D eigenvalue weighted by Gasteiger charge is 2.41. The molecule has 26 heavy (non-hydrogen) atoms. The van der Waals surface area contributed by atoms with Gasteiger partial charge in [-0.05, 0) is 35.3 Å². The van der Waals surface area contributed by atoms with Crippen LogP contribution in [0.1, 0.15) is 71.4 Å². The average molecular weight is 348 g/mol. The predicted octanol–water partition coefficient (Wildman–Crippen LogP) is 5.11. The second-order valence-electron chi connectivity index (χ2n) is 9.41. The Morgan fingerprint density at radius 2 is 1.77 bits per heavy atom. The summed E-state index contributed by atoms with van der Waals surface area (Å²) in [5, 5.41) is 13.1. The SMILES string of the molecule is CC1=C(C#N)[C@@H](c2ccc(C(C)(C)C)cc2)C2=C(CC(C)(C)CC2=O)N1. The Bertz CT molecular complexity index is 855. The van der Waals surface area contributed by atoms with Crippen molar-refractivity contribution >= 4 is 5.78 Å². The Morgan fingerprint density at radius 1 is 1.15 bits per heavy atom. The molecule has 2 aliphatic rings. The largest absolute Gasteiger partial charge is 0.361 e. The summed E-state index contributed by atoms with van der Waals surface area (Å²) in [6.45, 7) is 12.7. The molecule has 0 bridgehead atoms. The van der Waals surface area contributed by atoms with Gasteiger partial charge in [0.15, 0.2) is 5.78 Å². The molecule has 0 saturated heterocycles. The molecule has 3 nitrogen and oxygen atoms in total. The van der Waals surface area contributed by atoms with Gasteiger partial charge in [0.2, 0.25) is 0 Å². The van der Waals surface area contributed by atoms with Crippen molar-refractivity contribution < 1.29 is 4.79 Å². The molecular formula is C23H28N2O. The van der Waals surface area contributed by atoms with Crippen LogP contribution in [0, 0.1) is 16.7 Å². The van der Waals surface area contributed by atoms with Crippen molar-refractivity contribution in [2.45, 2.75) is 65.7 Å². The lowest BCUT2D eigenvalue weighted by atomic mass is 9.68. The molecule has 0 radical (unpaired) electrons. The average Bonchev–Trinajstić information content (AvgIpc) is 2.51. The lowest BCUT2D eigenvalue weighted by Gasteiger charge is -2.38. The first-order valence-corrected chi connectivity index (χ1v) is 9.28. The standard InChI is InChI=1S/C23H28N2O/c1-14-17(13-24)20(15-7-9-16(10-8-15)22(2,3)4)21-18(25-14)11-23(5,6)12-19(21)26/h7-10,20,25H,11-12H2,1-6H3/t20-/m1/s1. The lowest BCUT2D eigenvalue weighted by Crippen LogP contribution is -2.36. The van der Waals surface area contributed by atoms with E-state index in [1.807, 2.05) is 6.92 Å². The summed E-state index contributed by atoms with van der Waals surface area (Å²) in [5.74, 6) is -0.0947. The zero-order valence-electron chi connectivity index (χ0n) is 16.7. The normalized spacial score (nSPS) is 22.7. The molecular weight excluding hydrogens is 320 g/mol. The number of ketones is 1. The number of Topliss-reactive ketones (excluding diaryl/α,β-unsaturated/α-hetero) is 1. The Hall–Kier alpha value is -2.34. The summed E-state index contributed by atoms with van der Waals surface area (Å²) in [7, 11) is 0. The molecule has 1 heterocycles. The molecule has 0 spiro atoms. The number of allylic oxidation sites excluding steroid dienone is 4. The van der Waals surface area contributed by atoms with Gasteiger partial charge in [-0.2, -0.15) is 5.26 Å². The third-order valence-corrected chi connectivity index (χ3v) is 5.47. The maximum atomic E-state index is 13.0. The highest BCUT2D eigenvalue weighted by molar-refractivity contribution is 6.00. The van der Waals surface area contributed by atoms with E-state index in [0.29, 0.717) is 12.0 Å². The number of nitrogens with zero attached hydrogens (tertiary/aromatic N) is 1. The molecule has 1 atom stereocenters. The van der Waals surface area contributed by atoms with Gasteiger partial charge in [0.1, 0.15) is 0 Å². The molecule has 1 aliphatic heterocycles. The minimum Gasteiger partial charge on any atom is -0.361 e. The van der Waals surface area contributed by atoms with Gasteiger partial charge in [0.25, 0.3) is 0 Å². The number of rotatable bonds is 1. The van der Waals surface area contributed by atoms with Crippen LogP contribution in [0.3, 0.4) is 0 Å². The Morgan fingerprint density at radius 3 is 2.31 bits per heavy atom. The van der Waals surface area contributed by atoms with E-state index in [9.17, 15) is 10.1 Å². The number of hydrogen-bond acceptors (Lipinski definition) is 3. The van der Waals surface area contributed by atoms with Crippen LogP contribution in [-0.4, -0.2) is 5.78 Å². The Balaban J connectivity index is 2.12. The van der Waals surface area contributed by atoms with Crippen LogP contribution in [0.15, 0.2) is 46.8 Å². The van der Waals surface area contributed by atoms with Gasteiger partial charge >= 0.3 is 0 Å². The van der Waals surface area contributed by atoms with E-state index in [0.717, 1.165) is 29.0 Å². The molecule has 3 heteroatoms. The first kappa shape index (κ1) is 18.5. The molecule has 0 fully saturated rings. The van der Waals surface area contributed by atoms with E-state index >= 15 is 0 Å². The van der Waals surface area contributed by atoms with Crippen LogP contribution in [0.25, 0.3) is 0 Å². The first-order valence-electron chi connectivity index (χ1n) is 9.28. The third-order valence-electron chi connectivity index (χ3n) is 5.47. The van der Waals surface area contributed by atoms with Crippen molar-refractivity contribution in [3.8, 4) is 6.07 Å². The third kappa shape index (κ3) is 3.21.